The van der Waals surface area contributed by atoms with E-state index >= 15 is 0 Å². The van der Waals surface area contributed by atoms with Gasteiger partial charge in [0.25, 0.3) is 0 Å². The first-order chi connectivity index (χ1) is 10.9. The van der Waals surface area contributed by atoms with Crippen LogP contribution in [0.4, 0.5) is 0 Å². The van der Waals surface area contributed by atoms with E-state index in [1.54, 1.807) is 13.0 Å². The van der Waals surface area contributed by atoms with Crippen LogP contribution in [0.1, 0.15) is 20.3 Å². The van der Waals surface area contributed by atoms with Crippen LogP contribution in [0.5, 0.6) is 11.5 Å². The quantitative estimate of drug-likeness (QED) is 0.808. The van der Waals surface area contributed by atoms with E-state index in [-0.39, 0.29) is 18.0 Å². The molecule has 0 radical (unpaired) electrons. The maximum absolute atomic E-state index is 12.7. The highest BCUT2D eigenvalue weighted by Gasteiger charge is 2.36. The van der Waals surface area contributed by atoms with Crippen molar-refractivity contribution in [2.45, 2.75) is 25.2 Å². The Bertz CT molecular complexity index is 673. The molecular formula is C15H21NO6S. The molecule has 2 rings (SSSR count). The third-order valence-electron chi connectivity index (χ3n) is 3.65. The largest absolute Gasteiger partial charge is 0.490 e. The number of ether oxygens (including phenoxy) is 2. The highest BCUT2D eigenvalue weighted by atomic mass is 32.2. The molecule has 1 heterocycles. The molecule has 0 saturated carbocycles. The summed E-state index contributed by atoms with van der Waals surface area (Å²) in [6.45, 7) is 4.66. The fourth-order valence-electron chi connectivity index (χ4n) is 2.49. The van der Waals surface area contributed by atoms with Gasteiger partial charge in [0, 0.05) is 19.2 Å². The lowest BCUT2D eigenvalue weighted by molar-refractivity contribution is -0.141. The summed E-state index contributed by atoms with van der Waals surface area (Å²) in [6.07, 6.45) is 0.323. The van der Waals surface area contributed by atoms with Gasteiger partial charge in [-0.3, -0.25) is 4.79 Å². The minimum Gasteiger partial charge on any atom is -0.490 e. The van der Waals surface area contributed by atoms with E-state index in [9.17, 15) is 13.2 Å². The van der Waals surface area contributed by atoms with Crippen molar-refractivity contribution in [2.24, 2.45) is 5.92 Å². The third kappa shape index (κ3) is 3.76. The molecule has 1 aliphatic rings. The van der Waals surface area contributed by atoms with Gasteiger partial charge in [-0.1, -0.05) is 0 Å². The first-order valence-corrected chi connectivity index (χ1v) is 8.96. The maximum Gasteiger partial charge on any atom is 0.307 e. The molecule has 23 heavy (non-hydrogen) atoms. The zero-order valence-corrected chi connectivity index (χ0v) is 14.0. The number of hydrogen-bond acceptors (Lipinski definition) is 5. The van der Waals surface area contributed by atoms with Gasteiger partial charge in [-0.05, 0) is 32.4 Å². The van der Waals surface area contributed by atoms with Crippen molar-refractivity contribution in [3.05, 3.63) is 18.2 Å². The standard InChI is InChI=1S/C15H21NO6S/c1-3-21-13-6-5-12(9-14(13)22-4-2)23(19,20)16-8-7-11(10-16)15(17)18/h5-6,9,11H,3-4,7-8,10H2,1-2H3,(H,17,18)/t11-/m0/s1. The summed E-state index contributed by atoms with van der Waals surface area (Å²) in [7, 11) is -3.74. The predicted molar refractivity (Wildman–Crippen MR) is 83.3 cm³/mol. The van der Waals surface area contributed by atoms with Gasteiger partial charge in [0.2, 0.25) is 10.0 Å². The number of aliphatic carboxylic acids is 1. The molecule has 1 aliphatic heterocycles. The van der Waals surface area contributed by atoms with Gasteiger partial charge in [0.15, 0.2) is 11.5 Å². The lowest BCUT2D eigenvalue weighted by atomic mass is 10.1. The van der Waals surface area contributed by atoms with Crippen molar-refractivity contribution in [1.29, 1.82) is 0 Å². The fourth-order valence-corrected chi connectivity index (χ4v) is 4.01. The third-order valence-corrected chi connectivity index (χ3v) is 5.51. The van der Waals surface area contributed by atoms with Gasteiger partial charge >= 0.3 is 5.97 Å². The van der Waals surface area contributed by atoms with Crippen molar-refractivity contribution >= 4 is 16.0 Å². The number of rotatable bonds is 7. The van der Waals surface area contributed by atoms with E-state index in [1.807, 2.05) is 6.92 Å². The molecule has 1 aromatic carbocycles. The number of carbonyl (C=O) groups is 1. The minimum atomic E-state index is -3.74. The number of carboxylic acid groups (broad SMARTS) is 1. The van der Waals surface area contributed by atoms with E-state index < -0.39 is 21.9 Å². The second kappa shape index (κ2) is 7.18. The number of nitrogens with zero attached hydrogens (tertiary/aromatic N) is 1. The SMILES string of the molecule is CCOc1ccc(S(=O)(=O)N2CC[C@H](C(=O)O)C2)cc1OCC. The molecule has 1 atom stereocenters. The predicted octanol–water partition coefficient (Wildman–Crippen LogP) is 1.58. The molecule has 7 nitrogen and oxygen atoms in total. The highest BCUT2D eigenvalue weighted by Crippen LogP contribution is 2.32. The van der Waals surface area contributed by atoms with Gasteiger partial charge < -0.3 is 14.6 Å². The Balaban J connectivity index is 2.29. The lowest BCUT2D eigenvalue weighted by Crippen LogP contribution is -2.30. The van der Waals surface area contributed by atoms with Gasteiger partial charge in [-0.15, -0.1) is 0 Å². The Morgan fingerprint density at radius 3 is 2.48 bits per heavy atom. The van der Waals surface area contributed by atoms with Crippen LogP contribution in [0.3, 0.4) is 0 Å². The van der Waals surface area contributed by atoms with E-state index in [0.29, 0.717) is 31.1 Å². The smallest absolute Gasteiger partial charge is 0.307 e. The molecule has 0 amide bonds. The number of hydrogen-bond donors (Lipinski definition) is 1. The Kier molecular flexibility index (Phi) is 5.48. The average molecular weight is 343 g/mol. The van der Waals surface area contributed by atoms with Gasteiger partial charge in [-0.2, -0.15) is 4.31 Å². The van der Waals surface area contributed by atoms with Crippen LogP contribution in [-0.4, -0.2) is 50.1 Å². The molecule has 0 aliphatic carbocycles. The van der Waals surface area contributed by atoms with Crippen LogP contribution in [0.2, 0.25) is 0 Å². The van der Waals surface area contributed by atoms with Crippen molar-refractivity contribution < 1.29 is 27.8 Å². The molecule has 1 aromatic rings. The Hall–Kier alpha value is -1.80. The molecule has 1 saturated heterocycles. The van der Waals surface area contributed by atoms with Gasteiger partial charge in [0.05, 0.1) is 24.0 Å². The zero-order chi connectivity index (χ0) is 17.0. The summed E-state index contributed by atoms with van der Waals surface area (Å²) >= 11 is 0. The number of benzene rings is 1. The first-order valence-electron chi connectivity index (χ1n) is 7.52. The molecule has 0 aromatic heterocycles. The summed E-state index contributed by atoms with van der Waals surface area (Å²) in [4.78, 5) is 11.1. The Morgan fingerprint density at radius 2 is 1.91 bits per heavy atom. The Labute approximate surface area is 135 Å². The van der Waals surface area contributed by atoms with Crippen LogP contribution >= 0.6 is 0 Å². The van der Waals surface area contributed by atoms with Crippen molar-refractivity contribution in [1.82, 2.24) is 4.31 Å². The zero-order valence-electron chi connectivity index (χ0n) is 13.2. The van der Waals surface area contributed by atoms with E-state index in [1.165, 1.54) is 16.4 Å². The van der Waals surface area contributed by atoms with Crippen LogP contribution < -0.4 is 9.47 Å². The second-order valence-electron chi connectivity index (χ2n) is 5.16. The average Bonchev–Trinajstić information content (AvgIpc) is 3.00. The highest BCUT2D eigenvalue weighted by molar-refractivity contribution is 7.89. The molecule has 1 N–H and O–H groups in total. The van der Waals surface area contributed by atoms with Crippen LogP contribution in [0.15, 0.2) is 23.1 Å². The van der Waals surface area contributed by atoms with E-state index in [4.69, 9.17) is 14.6 Å². The summed E-state index contributed by atoms with van der Waals surface area (Å²) in [6, 6.07) is 4.45. The fraction of sp³-hybridized carbons (Fsp3) is 0.533. The molecular weight excluding hydrogens is 322 g/mol. The summed E-state index contributed by atoms with van der Waals surface area (Å²) in [5.74, 6) is -0.772. The lowest BCUT2D eigenvalue weighted by Gasteiger charge is -2.18. The van der Waals surface area contributed by atoms with Gasteiger partial charge in [0.1, 0.15) is 0 Å². The minimum absolute atomic E-state index is 0.00511. The van der Waals surface area contributed by atoms with Crippen LogP contribution in [0.25, 0.3) is 0 Å². The van der Waals surface area contributed by atoms with E-state index in [2.05, 4.69) is 0 Å². The molecule has 128 valence electrons. The van der Waals surface area contributed by atoms with Crippen LogP contribution in [-0.2, 0) is 14.8 Å². The second-order valence-corrected chi connectivity index (χ2v) is 7.10. The molecule has 0 bridgehead atoms. The summed E-state index contributed by atoms with van der Waals surface area (Å²) in [5, 5.41) is 9.02. The number of carboxylic acids is 1. The van der Waals surface area contributed by atoms with E-state index in [0.717, 1.165) is 0 Å². The van der Waals surface area contributed by atoms with Crippen molar-refractivity contribution in [2.75, 3.05) is 26.3 Å². The molecule has 8 heteroatoms. The summed E-state index contributed by atoms with van der Waals surface area (Å²) < 4.78 is 37.4. The first kappa shape index (κ1) is 17.6. The monoisotopic (exact) mass is 343 g/mol. The molecule has 1 fully saturated rings. The van der Waals surface area contributed by atoms with Crippen LogP contribution in [0, 0.1) is 5.92 Å². The van der Waals surface area contributed by atoms with Crippen molar-refractivity contribution in [3.8, 4) is 11.5 Å². The van der Waals surface area contributed by atoms with Gasteiger partial charge in [-0.25, -0.2) is 8.42 Å². The maximum atomic E-state index is 12.7. The topological polar surface area (TPSA) is 93.1 Å². The normalized spacial score (nSPS) is 18.8. The van der Waals surface area contributed by atoms with Crippen molar-refractivity contribution in [3.63, 3.8) is 0 Å². The summed E-state index contributed by atoms with van der Waals surface area (Å²) in [5.41, 5.74) is 0. The number of sulfonamides is 1. The Morgan fingerprint density at radius 1 is 1.26 bits per heavy atom. The molecule has 0 spiro atoms. The molecule has 0 unspecified atom stereocenters.